The van der Waals surface area contributed by atoms with Gasteiger partial charge < -0.3 is 29.4 Å². The van der Waals surface area contributed by atoms with Crippen LogP contribution >= 0.6 is 0 Å². The normalized spacial score (nSPS) is 11.8. The van der Waals surface area contributed by atoms with Crippen molar-refractivity contribution < 1.29 is 28.3 Å². The average molecular weight is 410 g/mol. The minimum Gasteiger partial charge on any atom is -0.496 e. The standard InChI is InChI=1S/C20H18N4O6/c1-27-14-5-3-2-4-13(14)18(25)21-8-9-22-19(26)20-23-17(24-30-20)12-6-7-15-16(10-12)29-11-28-15/h2-7,10H,8-9,11H2,1H3,(H,21,25)(H,22,26). The van der Waals surface area contributed by atoms with E-state index in [1.807, 2.05) is 0 Å². The second kappa shape index (κ2) is 8.52. The molecule has 1 aromatic heterocycles. The van der Waals surface area contributed by atoms with Gasteiger partial charge in [-0.3, -0.25) is 9.59 Å². The van der Waals surface area contributed by atoms with Crippen LogP contribution in [0.2, 0.25) is 0 Å². The lowest BCUT2D eigenvalue weighted by Crippen LogP contribution is -2.34. The lowest BCUT2D eigenvalue weighted by molar-refractivity contribution is 0.0897. The number of para-hydroxylation sites is 1. The molecule has 1 aliphatic heterocycles. The molecular weight excluding hydrogens is 392 g/mol. The first-order chi connectivity index (χ1) is 14.7. The Balaban J connectivity index is 1.29. The zero-order valence-corrected chi connectivity index (χ0v) is 16.0. The Kier molecular flexibility index (Phi) is 5.46. The van der Waals surface area contributed by atoms with Gasteiger partial charge >= 0.3 is 11.8 Å². The number of carbonyl (C=O) groups is 2. The topological polar surface area (TPSA) is 125 Å². The van der Waals surface area contributed by atoms with Crippen LogP contribution in [0.3, 0.4) is 0 Å². The van der Waals surface area contributed by atoms with Gasteiger partial charge in [0.15, 0.2) is 11.5 Å². The maximum Gasteiger partial charge on any atom is 0.316 e. The number of amides is 2. The van der Waals surface area contributed by atoms with Gasteiger partial charge in [0.05, 0.1) is 12.7 Å². The van der Waals surface area contributed by atoms with Crippen molar-refractivity contribution in [3.05, 3.63) is 53.9 Å². The van der Waals surface area contributed by atoms with Crippen LogP contribution in [0.4, 0.5) is 0 Å². The summed E-state index contributed by atoms with van der Waals surface area (Å²) >= 11 is 0. The zero-order chi connectivity index (χ0) is 20.9. The SMILES string of the molecule is COc1ccccc1C(=O)NCCNC(=O)c1nc(-c2ccc3c(c2)OCO3)no1. The molecule has 10 heteroatoms. The third-order valence-corrected chi connectivity index (χ3v) is 4.30. The fraction of sp³-hybridized carbons (Fsp3) is 0.200. The van der Waals surface area contributed by atoms with Crippen LogP contribution in [0.1, 0.15) is 21.0 Å². The van der Waals surface area contributed by atoms with Crippen molar-refractivity contribution in [2.75, 3.05) is 27.0 Å². The maximum absolute atomic E-state index is 12.2. The van der Waals surface area contributed by atoms with Crippen molar-refractivity contribution in [1.29, 1.82) is 0 Å². The van der Waals surface area contributed by atoms with Gasteiger partial charge in [-0.25, -0.2) is 0 Å². The van der Waals surface area contributed by atoms with Gasteiger partial charge in [-0.1, -0.05) is 17.3 Å². The molecule has 0 atom stereocenters. The van der Waals surface area contributed by atoms with Crippen LogP contribution < -0.4 is 24.8 Å². The number of methoxy groups -OCH3 is 1. The first-order valence-electron chi connectivity index (χ1n) is 9.09. The second-order valence-corrected chi connectivity index (χ2v) is 6.20. The van der Waals surface area contributed by atoms with Crippen LogP contribution in [-0.4, -0.2) is 48.9 Å². The molecule has 0 saturated heterocycles. The van der Waals surface area contributed by atoms with Gasteiger partial charge in [-0.15, -0.1) is 0 Å². The zero-order valence-electron chi connectivity index (χ0n) is 16.0. The first-order valence-corrected chi connectivity index (χ1v) is 9.09. The molecule has 10 nitrogen and oxygen atoms in total. The van der Waals surface area contributed by atoms with E-state index in [1.165, 1.54) is 7.11 Å². The van der Waals surface area contributed by atoms with Crippen molar-refractivity contribution in [2.24, 2.45) is 0 Å². The third-order valence-electron chi connectivity index (χ3n) is 4.30. The lowest BCUT2D eigenvalue weighted by atomic mass is 10.2. The van der Waals surface area contributed by atoms with E-state index in [2.05, 4.69) is 20.8 Å². The van der Waals surface area contributed by atoms with E-state index >= 15 is 0 Å². The predicted octanol–water partition coefficient (Wildman–Crippen LogP) is 1.63. The summed E-state index contributed by atoms with van der Waals surface area (Å²) in [7, 11) is 1.49. The lowest BCUT2D eigenvalue weighted by Gasteiger charge is -2.09. The first kappa shape index (κ1) is 19.2. The summed E-state index contributed by atoms with van der Waals surface area (Å²) in [5.41, 5.74) is 1.04. The van der Waals surface area contributed by atoms with Gasteiger partial charge in [0.2, 0.25) is 12.6 Å². The van der Waals surface area contributed by atoms with E-state index in [-0.39, 0.29) is 37.5 Å². The number of nitrogens with zero attached hydrogens (tertiary/aromatic N) is 2. The van der Waals surface area contributed by atoms with Gasteiger partial charge in [0.25, 0.3) is 5.91 Å². The average Bonchev–Trinajstić information content (AvgIpc) is 3.45. The number of carbonyl (C=O) groups excluding carboxylic acids is 2. The molecule has 4 rings (SSSR count). The number of hydrogen-bond donors (Lipinski definition) is 2. The summed E-state index contributed by atoms with van der Waals surface area (Å²) in [5, 5.41) is 9.15. The van der Waals surface area contributed by atoms with Gasteiger partial charge in [0.1, 0.15) is 5.75 Å². The summed E-state index contributed by atoms with van der Waals surface area (Å²) in [4.78, 5) is 28.5. The number of ether oxygens (including phenoxy) is 3. The van der Waals surface area contributed by atoms with E-state index < -0.39 is 5.91 Å². The molecule has 1 aliphatic rings. The van der Waals surface area contributed by atoms with Gasteiger partial charge in [-0.05, 0) is 30.3 Å². The van der Waals surface area contributed by atoms with E-state index in [0.29, 0.717) is 28.4 Å². The highest BCUT2D eigenvalue weighted by molar-refractivity contribution is 5.97. The van der Waals surface area contributed by atoms with Crippen LogP contribution in [0.15, 0.2) is 47.0 Å². The maximum atomic E-state index is 12.2. The number of aromatic nitrogens is 2. The summed E-state index contributed by atoms with van der Waals surface area (Å²) < 4.78 is 20.8. The molecule has 154 valence electrons. The molecule has 0 saturated carbocycles. The van der Waals surface area contributed by atoms with Crippen LogP contribution in [0, 0.1) is 0 Å². The van der Waals surface area contributed by atoms with E-state index in [0.717, 1.165) is 0 Å². The Morgan fingerprint density at radius 3 is 2.63 bits per heavy atom. The molecular formula is C20H18N4O6. The van der Waals surface area contributed by atoms with Crippen LogP contribution in [-0.2, 0) is 0 Å². The summed E-state index contributed by atoms with van der Waals surface area (Å²) in [6.45, 7) is 0.555. The summed E-state index contributed by atoms with van der Waals surface area (Å²) in [5.74, 6) is 0.915. The Morgan fingerprint density at radius 2 is 1.80 bits per heavy atom. The fourth-order valence-corrected chi connectivity index (χ4v) is 2.82. The van der Waals surface area contributed by atoms with E-state index in [9.17, 15) is 9.59 Å². The Bertz CT molecular complexity index is 1080. The van der Waals surface area contributed by atoms with Crippen molar-refractivity contribution in [1.82, 2.24) is 20.8 Å². The van der Waals surface area contributed by atoms with Crippen molar-refractivity contribution in [3.8, 4) is 28.6 Å². The quantitative estimate of drug-likeness (QED) is 0.563. The Morgan fingerprint density at radius 1 is 1.03 bits per heavy atom. The minimum atomic E-state index is -0.541. The third kappa shape index (κ3) is 4.02. The Hall–Kier alpha value is -4.08. The number of hydrogen-bond acceptors (Lipinski definition) is 8. The van der Waals surface area contributed by atoms with Crippen molar-refractivity contribution in [2.45, 2.75) is 0 Å². The molecule has 2 amide bonds. The molecule has 30 heavy (non-hydrogen) atoms. The van der Waals surface area contributed by atoms with E-state index in [4.69, 9.17) is 18.7 Å². The highest BCUT2D eigenvalue weighted by Gasteiger charge is 2.19. The molecule has 3 aromatic rings. The monoisotopic (exact) mass is 410 g/mol. The summed E-state index contributed by atoms with van der Waals surface area (Å²) in [6, 6.07) is 12.1. The largest absolute Gasteiger partial charge is 0.496 e. The van der Waals surface area contributed by atoms with E-state index in [1.54, 1.807) is 42.5 Å². The molecule has 2 heterocycles. The molecule has 0 aliphatic carbocycles. The van der Waals surface area contributed by atoms with Gasteiger partial charge in [-0.2, -0.15) is 4.98 Å². The molecule has 0 bridgehead atoms. The number of fused-ring (bicyclic) bond motifs is 1. The number of benzene rings is 2. The minimum absolute atomic E-state index is 0.159. The molecule has 0 unspecified atom stereocenters. The second-order valence-electron chi connectivity index (χ2n) is 6.20. The Labute approximate surface area is 171 Å². The smallest absolute Gasteiger partial charge is 0.316 e. The molecule has 0 radical (unpaired) electrons. The molecule has 2 N–H and O–H groups in total. The fourth-order valence-electron chi connectivity index (χ4n) is 2.82. The summed E-state index contributed by atoms with van der Waals surface area (Å²) in [6.07, 6.45) is 0. The van der Waals surface area contributed by atoms with Crippen molar-refractivity contribution in [3.63, 3.8) is 0 Å². The molecule has 2 aromatic carbocycles. The van der Waals surface area contributed by atoms with Gasteiger partial charge in [0, 0.05) is 18.7 Å². The van der Waals surface area contributed by atoms with Crippen molar-refractivity contribution >= 4 is 11.8 Å². The van der Waals surface area contributed by atoms with Crippen LogP contribution in [0.5, 0.6) is 17.2 Å². The molecule has 0 fully saturated rings. The highest BCUT2D eigenvalue weighted by Crippen LogP contribution is 2.35. The highest BCUT2D eigenvalue weighted by atomic mass is 16.7. The molecule has 0 spiro atoms. The van der Waals surface area contributed by atoms with Crippen LogP contribution in [0.25, 0.3) is 11.4 Å². The number of nitrogens with one attached hydrogen (secondary N) is 2. The number of rotatable bonds is 7. The predicted molar refractivity (Wildman–Crippen MR) is 104 cm³/mol.